The van der Waals surface area contributed by atoms with Gasteiger partial charge in [-0.3, -0.25) is 4.40 Å². The zero-order valence-corrected chi connectivity index (χ0v) is 17.3. The predicted octanol–water partition coefficient (Wildman–Crippen LogP) is 4.27. The molecule has 7 heteroatoms. The molecular formula is C23H27N5O2. The number of carbonyl (C=O) groups is 1. The first kappa shape index (κ1) is 18.9. The molecule has 0 bridgehead atoms. The highest BCUT2D eigenvalue weighted by molar-refractivity contribution is 5.75. The summed E-state index contributed by atoms with van der Waals surface area (Å²) in [6.07, 6.45) is 5.76. The predicted molar refractivity (Wildman–Crippen MR) is 114 cm³/mol. The SMILES string of the molecule is CC(C)c1nnc2ccc(O[C@@H]3CC[C@H](NC(=O)NC4CC4)c4ccccc43)cn12. The van der Waals surface area contributed by atoms with Gasteiger partial charge in [0.1, 0.15) is 17.7 Å². The average Bonchev–Trinajstić information content (AvgIpc) is 3.44. The summed E-state index contributed by atoms with van der Waals surface area (Å²) in [4.78, 5) is 12.3. The number of benzene rings is 1. The molecule has 2 aliphatic carbocycles. The molecule has 0 aliphatic heterocycles. The van der Waals surface area contributed by atoms with Crippen molar-refractivity contribution in [3.8, 4) is 5.75 Å². The number of urea groups is 1. The first-order chi connectivity index (χ1) is 14.6. The fraction of sp³-hybridized carbons (Fsp3) is 0.435. The van der Waals surface area contributed by atoms with Crippen molar-refractivity contribution in [3.05, 3.63) is 59.5 Å². The van der Waals surface area contributed by atoms with Gasteiger partial charge in [0.15, 0.2) is 5.65 Å². The van der Waals surface area contributed by atoms with Gasteiger partial charge in [0, 0.05) is 12.0 Å². The standard InChI is InChI=1S/C23H27N5O2/c1-14(2)22-27-26-21-12-9-16(13-28(21)22)30-20-11-10-19(17-5-3-4-6-18(17)20)25-23(29)24-15-7-8-15/h3-6,9,12-15,19-20H,7-8,10-11H2,1-2H3,(H2,24,25,29)/t19-,20+/m0/s1. The lowest BCUT2D eigenvalue weighted by Crippen LogP contribution is -2.40. The Kier molecular flexibility index (Phi) is 4.81. The zero-order chi connectivity index (χ0) is 20.7. The highest BCUT2D eigenvalue weighted by Gasteiger charge is 2.31. The van der Waals surface area contributed by atoms with Crippen LogP contribution in [0.15, 0.2) is 42.6 Å². The molecule has 2 aromatic heterocycles. The van der Waals surface area contributed by atoms with Crippen LogP contribution < -0.4 is 15.4 Å². The lowest BCUT2D eigenvalue weighted by molar-refractivity contribution is 0.171. The Bertz CT molecular complexity index is 1070. The summed E-state index contributed by atoms with van der Waals surface area (Å²) in [5.74, 6) is 1.99. The fourth-order valence-electron chi connectivity index (χ4n) is 4.15. The van der Waals surface area contributed by atoms with Gasteiger partial charge in [0.05, 0.1) is 12.2 Å². The van der Waals surface area contributed by atoms with Crippen LogP contribution in [0.3, 0.4) is 0 Å². The minimum absolute atomic E-state index is 0.00710. The molecule has 2 aliphatic rings. The van der Waals surface area contributed by atoms with Gasteiger partial charge in [-0.25, -0.2) is 4.79 Å². The normalized spacial score (nSPS) is 20.8. The monoisotopic (exact) mass is 405 g/mol. The molecule has 0 unspecified atom stereocenters. The van der Waals surface area contributed by atoms with Gasteiger partial charge >= 0.3 is 6.03 Å². The number of carbonyl (C=O) groups excluding carboxylic acids is 1. The van der Waals surface area contributed by atoms with Crippen molar-refractivity contribution in [2.24, 2.45) is 0 Å². The van der Waals surface area contributed by atoms with E-state index >= 15 is 0 Å². The van der Waals surface area contributed by atoms with Crippen molar-refractivity contribution in [1.82, 2.24) is 25.2 Å². The Morgan fingerprint density at radius 2 is 1.83 bits per heavy atom. The van der Waals surface area contributed by atoms with Crippen molar-refractivity contribution in [2.45, 2.75) is 63.6 Å². The maximum atomic E-state index is 12.3. The van der Waals surface area contributed by atoms with E-state index in [2.05, 4.69) is 46.8 Å². The van der Waals surface area contributed by atoms with E-state index in [1.165, 1.54) is 0 Å². The third kappa shape index (κ3) is 3.72. The molecule has 1 aromatic carbocycles. The van der Waals surface area contributed by atoms with E-state index in [9.17, 15) is 4.79 Å². The Balaban J connectivity index is 1.37. The van der Waals surface area contributed by atoms with E-state index < -0.39 is 0 Å². The van der Waals surface area contributed by atoms with Crippen molar-refractivity contribution in [1.29, 1.82) is 0 Å². The number of nitrogens with one attached hydrogen (secondary N) is 2. The first-order valence-corrected chi connectivity index (χ1v) is 10.8. The molecule has 1 saturated carbocycles. The van der Waals surface area contributed by atoms with Gasteiger partial charge < -0.3 is 15.4 Å². The van der Waals surface area contributed by atoms with Crippen LogP contribution in [0.4, 0.5) is 4.79 Å². The minimum Gasteiger partial charge on any atom is -0.484 e. The summed E-state index contributed by atoms with van der Waals surface area (Å²) < 4.78 is 8.42. The van der Waals surface area contributed by atoms with Crippen molar-refractivity contribution in [2.75, 3.05) is 0 Å². The topological polar surface area (TPSA) is 80.6 Å². The number of hydrogen-bond donors (Lipinski definition) is 2. The van der Waals surface area contributed by atoms with E-state index in [-0.39, 0.29) is 24.1 Å². The van der Waals surface area contributed by atoms with Crippen LogP contribution in [-0.4, -0.2) is 26.7 Å². The molecule has 0 radical (unpaired) electrons. The molecule has 0 saturated heterocycles. The van der Waals surface area contributed by atoms with Crippen LogP contribution in [0.5, 0.6) is 5.75 Å². The maximum Gasteiger partial charge on any atom is 0.315 e. The lowest BCUT2D eigenvalue weighted by atomic mass is 9.85. The maximum absolute atomic E-state index is 12.3. The molecule has 156 valence electrons. The van der Waals surface area contributed by atoms with E-state index in [1.807, 2.05) is 34.9 Å². The summed E-state index contributed by atoms with van der Waals surface area (Å²) in [6, 6.07) is 12.4. The molecule has 2 heterocycles. The van der Waals surface area contributed by atoms with Crippen molar-refractivity contribution < 1.29 is 9.53 Å². The molecule has 2 N–H and O–H groups in total. The van der Waals surface area contributed by atoms with Crippen LogP contribution in [0.2, 0.25) is 0 Å². The Labute approximate surface area is 175 Å². The van der Waals surface area contributed by atoms with Gasteiger partial charge in [-0.1, -0.05) is 38.1 Å². The largest absolute Gasteiger partial charge is 0.484 e. The molecule has 3 aromatic rings. The van der Waals surface area contributed by atoms with E-state index in [1.54, 1.807) is 0 Å². The summed E-state index contributed by atoms with van der Waals surface area (Å²) in [5, 5.41) is 14.7. The lowest BCUT2D eigenvalue weighted by Gasteiger charge is -2.32. The molecule has 7 nitrogen and oxygen atoms in total. The molecule has 2 amide bonds. The number of nitrogens with zero attached hydrogens (tertiary/aromatic N) is 3. The first-order valence-electron chi connectivity index (χ1n) is 10.8. The number of amides is 2. The van der Waals surface area contributed by atoms with Gasteiger partial charge in [0.25, 0.3) is 0 Å². The Morgan fingerprint density at radius 1 is 1.03 bits per heavy atom. The van der Waals surface area contributed by atoms with Crippen LogP contribution >= 0.6 is 0 Å². The van der Waals surface area contributed by atoms with Gasteiger partial charge in [-0.2, -0.15) is 0 Å². The van der Waals surface area contributed by atoms with Crippen molar-refractivity contribution in [3.63, 3.8) is 0 Å². The smallest absolute Gasteiger partial charge is 0.315 e. The summed E-state index contributed by atoms with van der Waals surface area (Å²) in [5.41, 5.74) is 3.09. The fourth-order valence-corrected chi connectivity index (χ4v) is 4.15. The van der Waals surface area contributed by atoms with Gasteiger partial charge in [-0.15, -0.1) is 10.2 Å². The number of fused-ring (bicyclic) bond motifs is 2. The third-order valence-electron chi connectivity index (χ3n) is 5.85. The third-order valence-corrected chi connectivity index (χ3v) is 5.85. The van der Waals surface area contributed by atoms with Gasteiger partial charge in [-0.05, 0) is 48.9 Å². The van der Waals surface area contributed by atoms with E-state index in [0.29, 0.717) is 6.04 Å². The molecule has 0 spiro atoms. The zero-order valence-electron chi connectivity index (χ0n) is 17.3. The number of hydrogen-bond acceptors (Lipinski definition) is 4. The van der Waals surface area contributed by atoms with E-state index in [0.717, 1.165) is 54.0 Å². The Morgan fingerprint density at radius 3 is 2.60 bits per heavy atom. The molecular weight excluding hydrogens is 378 g/mol. The van der Waals surface area contributed by atoms with Crippen LogP contribution in [0, 0.1) is 0 Å². The van der Waals surface area contributed by atoms with E-state index in [4.69, 9.17) is 4.74 Å². The van der Waals surface area contributed by atoms with Crippen molar-refractivity contribution >= 4 is 11.7 Å². The second-order valence-corrected chi connectivity index (χ2v) is 8.56. The van der Waals surface area contributed by atoms with Crippen LogP contribution in [0.1, 0.15) is 74.5 Å². The summed E-state index contributed by atoms with van der Waals surface area (Å²) in [6.45, 7) is 4.21. The number of pyridine rings is 1. The summed E-state index contributed by atoms with van der Waals surface area (Å²) >= 11 is 0. The number of aromatic nitrogens is 3. The highest BCUT2D eigenvalue weighted by Crippen LogP contribution is 2.38. The minimum atomic E-state index is -0.0732. The number of ether oxygens (including phenoxy) is 1. The number of rotatable bonds is 5. The Hall–Kier alpha value is -3.09. The molecule has 30 heavy (non-hydrogen) atoms. The second kappa shape index (κ2) is 7.63. The highest BCUT2D eigenvalue weighted by atomic mass is 16.5. The summed E-state index contributed by atoms with van der Waals surface area (Å²) in [7, 11) is 0. The van der Waals surface area contributed by atoms with Crippen LogP contribution in [-0.2, 0) is 0 Å². The average molecular weight is 406 g/mol. The quantitative estimate of drug-likeness (QED) is 0.664. The second-order valence-electron chi connectivity index (χ2n) is 8.56. The molecule has 1 fully saturated rings. The molecule has 5 rings (SSSR count). The van der Waals surface area contributed by atoms with Gasteiger partial charge in [0.2, 0.25) is 0 Å². The molecule has 2 atom stereocenters. The van der Waals surface area contributed by atoms with Crippen LogP contribution in [0.25, 0.3) is 5.65 Å².